The number of ether oxygens (including phenoxy) is 4. The maximum absolute atomic E-state index is 14.5. The number of aliphatic hydroxyl groups excluding tert-OH is 2. The number of aliphatic hydroxyl groups is 3. The number of Topliss-reactive ketones (excluding diaryl/α,β-unsaturated/α-hetero) is 1. The van der Waals surface area contributed by atoms with Crippen LogP contribution in [-0.2, 0) is 33.3 Å². The van der Waals surface area contributed by atoms with Gasteiger partial charge in [0.1, 0.15) is 30.0 Å². The molecule has 2 bridgehead atoms. The van der Waals surface area contributed by atoms with E-state index in [9.17, 15) is 34.5 Å². The molecule has 42 heavy (non-hydrogen) atoms. The number of carbonyl (C=O) groups is 4. The first-order valence-electron chi connectivity index (χ1n) is 14.1. The van der Waals surface area contributed by atoms with Crippen LogP contribution < -0.4 is 0 Å². The summed E-state index contributed by atoms with van der Waals surface area (Å²) in [5.41, 5.74) is -6.37. The topological polar surface area (TPSA) is 166 Å². The van der Waals surface area contributed by atoms with Gasteiger partial charge >= 0.3 is 17.9 Å². The first kappa shape index (κ1) is 30.3. The molecule has 4 aliphatic rings. The van der Waals surface area contributed by atoms with Crippen LogP contribution in [0.15, 0.2) is 41.5 Å². The Labute approximate surface area is 243 Å². The van der Waals surface area contributed by atoms with E-state index in [2.05, 4.69) is 0 Å². The summed E-state index contributed by atoms with van der Waals surface area (Å²) >= 11 is 0. The highest BCUT2D eigenvalue weighted by molar-refractivity contribution is 5.94. The van der Waals surface area contributed by atoms with Crippen LogP contribution in [0.4, 0.5) is 0 Å². The highest BCUT2D eigenvalue weighted by atomic mass is 16.6. The highest BCUT2D eigenvalue weighted by Crippen LogP contribution is 2.64. The fraction of sp³-hybridized carbons (Fsp3) is 0.613. The Morgan fingerprint density at radius 1 is 1.00 bits per heavy atom. The fourth-order valence-electron chi connectivity index (χ4n) is 7.97. The number of ketones is 1. The minimum absolute atomic E-state index is 0.103. The number of hydrogen-bond donors (Lipinski definition) is 3. The molecule has 0 amide bonds. The SMILES string of the molecule is CC(=O)O[C@@H]1C[C@@]2(O)[C@@H](OC(=O)c3ccccc3)[C@H]3[C@]4(OC(C)=O)CO[C@@H]4C[C@@H](O)[C@@]3(C)C(=O)[C@H](O)C(=C1C)C2(C)C. The lowest BCUT2D eigenvalue weighted by atomic mass is 9.44. The molecular weight excluding hydrogens is 548 g/mol. The van der Waals surface area contributed by atoms with Crippen LogP contribution in [0, 0.1) is 16.7 Å². The summed E-state index contributed by atoms with van der Waals surface area (Å²) in [5.74, 6) is -4.35. The van der Waals surface area contributed by atoms with Crippen molar-refractivity contribution in [1.29, 1.82) is 0 Å². The Morgan fingerprint density at radius 3 is 2.19 bits per heavy atom. The van der Waals surface area contributed by atoms with Crippen molar-refractivity contribution in [1.82, 2.24) is 0 Å². The molecule has 1 aliphatic heterocycles. The van der Waals surface area contributed by atoms with Gasteiger partial charge < -0.3 is 34.3 Å². The van der Waals surface area contributed by atoms with Gasteiger partial charge in [0.25, 0.3) is 0 Å². The molecule has 3 N–H and O–H groups in total. The monoisotopic (exact) mass is 586 g/mol. The smallest absolute Gasteiger partial charge is 0.338 e. The maximum atomic E-state index is 14.5. The van der Waals surface area contributed by atoms with Crippen LogP contribution in [0.2, 0.25) is 0 Å². The van der Waals surface area contributed by atoms with Gasteiger partial charge in [-0.2, -0.15) is 0 Å². The molecule has 2 saturated carbocycles. The zero-order chi connectivity index (χ0) is 31.0. The molecule has 0 unspecified atom stereocenters. The predicted molar refractivity (Wildman–Crippen MR) is 145 cm³/mol. The number of rotatable bonds is 4. The zero-order valence-electron chi connectivity index (χ0n) is 24.6. The summed E-state index contributed by atoms with van der Waals surface area (Å²) in [6, 6.07) is 8.05. The Hall–Kier alpha value is -3.12. The van der Waals surface area contributed by atoms with E-state index in [-0.39, 0.29) is 30.6 Å². The van der Waals surface area contributed by atoms with Gasteiger partial charge in [0.05, 0.1) is 29.6 Å². The predicted octanol–water partition coefficient (Wildman–Crippen LogP) is 1.65. The van der Waals surface area contributed by atoms with E-state index >= 15 is 0 Å². The molecule has 1 saturated heterocycles. The lowest BCUT2D eigenvalue weighted by Gasteiger charge is -2.67. The van der Waals surface area contributed by atoms with Crippen molar-refractivity contribution in [3.8, 4) is 0 Å². The third kappa shape index (κ3) is 4.08. The first-order chi connectivity index (χ1) is 19.5. The van der Waals surface area contributed by atoms with E-state index in [1.165, 1.54) is 32.9 Å². The normalized spacial score (nSPS) is 40.4. The van der Waals surface area contributed by atoms with Gasteiger partial charge in [-0.3, -0.25) is 14.4 Å². The van der Waals surface area contributed by atoms with Crippen LogP contribution >= 0.6 is 0 Å². The minimum Gasteiger partial charge on any atom is -0.458 e. The molecule has 3 fully saturated rings. The first-order valence-corrected chi connectivity index (χ1v) is 14.1. The Bertz CT molecular complexity index is 1350. The van der Waals surface area contributed by atoms with E-state index in [0.717, 1.165) is 0 Å². The molecule has 11 heteroatoms. The molecule has 1 aromatic rings. The van der Waals surface area contributed by atoms with Crippen molar-refractivity contribution >= 4 is 23.7 Å². The minimum atomic E-state index is -2.11. The molecule has 228 valence electrons. The Morgan fingerprint density at radius 2 is 1.64 bits per heavy atom. The molecule has 5 rings (SSSR count). The second-order valence-corrected chi connectivity index (χ2v) is 12.8. The molecule has 9 atom stereocenters. The molecular formula is C31H38O11. The number of fused-ring (bicyclic) bond motifs is 5. The average molecular weight is 587 g/mol. The lowest BCUT2D eigenvalue weighted by Crippen LogP contribution is -2.81. The van der Waals surface area contributed by atoms with Crippen LogP contribution in [-0.4, -0.2) is 87.3 Å². The largest absolute Gasteiger partial charge is 0.458 e. The fourth-order valence-corrected chi connectivity index (χ4v) is 7.97. The second-order valence-electron chi connectivity index (χ2n) is 12.8. The van der Waals surface area contributed by atoms with Gasteiger partial charge in [-0.15, -0.1) is 0 Å². The molecule has 1 aromatic carbocycles. The molecule has 0 aromatic heterocycles. The van der Waals surface area contributed by atoms with E-state index in [0.29, 0.717) is 5.57 Å². The summed E-state index contributed by atoms with van der Waals surface area (Å²) in [5, 5.41) is 36.2. The van der Waals surface area contributed by atoms with Crippen molar-refractivity contribution in [3.63, 3.8) is 0 Å². The summed E-state index contributed by atoms with van der Waals surface area (Å²) in [6.07, 6.45) is -7.19. The molecule has 3 aliphatic carbocycles. The van der Waals surface area contributed by atoms with Gasteiger partial charge in [-0.1, -0.05) is 32.0 Å². The summed E-state index contributed by atoms with van der Waals surface area (Å²) in [7, 11) is 0. The lowest BCUT2D eigenvalue weighted by molar-refractivity contribution is -0.345. The number of hydrogen-bond acceptors (Lipinski definition) is 11. The van der Waals surface area contributed by atoms with Crippen molar-refractivity contribution in [2.75, 3.05) is 6.61 Å². The van der Waals surface area contributed by atoms with Crippen molar-refractivity contribution in [3.05, 3.63) is 47.0 Å². The van der Waals surface area contributed by atoms with Crippen molar-refractivity contribution in [2.45, 2.75) is 96.1 Å². The molecule has 0 spiro atoms. The van der Waals surface area contributed by atoms with Crippen molar-refractivity contribution in [2.24, 2.45) is 16.7 Å². The molecule has 0 radical (unpaired) electrons. The van der Waals surface area contributed by atoms with Crippen LogP contribution in [0.5, 0.6) is 0 Å². The standard InChI is InChI=1S/C31H38O11/c1-15-19(40-16(2)32)13-31(38)26(41-27(37)18-10-8-7-9-11-18)24-29(6,25(36)23(35)22(15)28(31,4)5)20(34)12-21-30(24,14-39-21)42-17(3)33/h7-11,19-21,23-24,26,34-35,38H,12-14H2,1-6H3/t19-,20-,21-,23-,24-,26+,29-,30+,31-/m1/s1. The van der Waals surface area contributed by atoms with Crippen molar-refractivity contribution < 1.29 is 53.4 Å². The number of benzene rings is 1. The van der Waals surface area contributed by atoms with E-state index < -0.39 is 82.2 Å². The van der Waals surface area contributed by atoms with Gasteiger partial charge in [0.2, 0.25) is 0 Å². The van der Waals surface area contributed by atoms with Crippen LogP contribution in [0.1, 0.15) is 64.7 Å². The van der Waals surface area contributed by atoms with Gasteiger partial charge in [0.15, 0.2) is 11.4 Å². The van der Waals surface area contributed by atoms with Gasteiger partial charge in [-0.05, 0) is 37.1 Å². The average Bonchev–Trinajstić information content (AvgIpc) is 2.90. The van der Waals surface area contributed by atoms with E-state index in [4.69, 9.17) is 18.9 Å². The number of carbonyl (C=O) groups excluding carboxylic acids is 4. The third-order valence-corrected chi connectivity index (χ3v) is 10.2. The second kappa shape index (κ2) is 9.97. The highest BCUT2D eigenvalue weighted by Gasteiger charge is 2.78. The zero-order valence-corrected chi connectivity index (χ0v) is 24.6. The van der Waals surface area contributed by atoms with E-state index in [1.54, 1.807) is 39.0 Å². The summed E-state index contributed by atoms with van der Waals surface area (Å²) in [6.45, 7) is 8.48. The maximum Gasteiger partial charge on any atom is 0.338 e. The van der Waals surface area contributed by atoms with Crippen LogP contribution in [0.25, 0.3) is 0 Å². The van der Waals surface area contributed by atoms with E-state index in [1.807, 2.05) is 0 Å². The number of esters is 3. The van der Waals surface area contributed by atoms with Gasteiger partial charge in [-0.25, -0.2) is 4.79 Å². The quantitative estimate of drug-likeness (QED) is 0.267. The Kier molecular flexibility index (Phi) is 7.20. The van der Waals surface area contributed by atoms with Crippen LogP contribution in [0.3, 0.4) is 0 Å². The third-order valence-electron chi connectivity index (χ3n) is 10.2. The summed E-state index contributed by atoms with van der Waals surface area (Å²) < 4.78 is 23.4. The summed E-state index contributed by atoms with van der Waals surface area (Å²) in [4.78, 5) is 52.9. The van der Waals surface area contributed by atoms with Gasteiger partial charge in [0, 0.05) is 32.1 Å². The molecule has 1 heterocycles. The Balaban J connectivity index is 1.82. The molecule has 11 nitrogen and oxygen atoms in total.